The van der Waals surface area contributed by atoms with Gasteiger partial charge >= 0.3 is 11.9 Å². The second-order valence-corrected chi connectivity index (χ2v) is 11.8. The van der Waals surface area contributed by atoms with Crippen LogP contribution in [0.2, 0.25) is 0 Å². The van der Waals surface area contributed by atoms with Crippen molar-refractivity contribution in [2.24, 2.45) is 5.92 Å². The molecule has 12 heteroatoms. The number of hydrogen-bond acceptors (Lipinski definition) is 7. The Labute approximate surface area is 229 Å². The molecule has 0 aromatic heterocycles. The Kier molecular flexibility index (Phi) is 10.2. The topological polar surface area (TPSA) is 93.9 Å². The number of nitrogens with one attached hydrogen (secondary N) is 1. The normalized spacial score (nSPS) is 21.0. The Morgan fingerprint density at radius 1 is 1.18 bits per heavy atom. The van der Waals surface area contributed by atoms with Gasteiger partial charge in [0.15, 0.2) is 0 Å². The molecular weight excluding hydrogens is 540 g/mol. The van der Waals surface area contributed by atoms with Crippen molar-refractivity contribution in [3.63, 3.8) is 0 Å². The predicted molar refractivity (Wildman–Crippen MR) is 142 cm³/mol. The first-order chi connectivity index (χ1) is 18.2. The number of alkyl halides is 3. The fourth-order valence-electron chi connectivity index (χ4n) is 4.44. The van der Waals surface area contributed by atoms with E-state index in [0.29, 0.717) is 18.1 Å². The van der Waals surface area contributed by atoms with Gasteiger partial charge in [-0.15, -0.1) is 0 Å². The minimum Gasteiger partial charge on any atom is -0.471 e. The van der Waals surface area contributed by atoms with Gasteiger partial charge in [0.1, 0.15) is 0 Å². The molecule has 1 aliphatic rings. The summed E-state index contributed by atoms with van der Waals surface area (Å²) in [6.07, 6.45) is -8.14. The predicted octanol–water partition coefficient (Wildman–Crippen LogP) is 5.41. The number of methoxy groups -OCH3 is 1. The molecule has 0 bridgehead atoms. The lowest BCUT2D eigenvalue weighted by molar-refractivity contribution is -0.389. The Hall–Kier alpha value is -2.41. The molecule has 0 unspecified atom stereocenters. The first-order valence-corrected chi connectivity index (χ1v) is 13.6. The maximum atomic E-state index is 14.7. The van der Waals surface area contributed by atoms with Crippen molar-refractivity contribution in [2.75, 3.05) is 25.2 Å². The van der Waals surface area contributed by atoms with Crippen molar-refractivity contribution in [2.45, 2.75) is 63.6 Å². The summed E-state index contributed by atoms with van der Waals surface area (Å²) in [5, 5.41) is 25.9. The number of aliphatic hydroxyl groups is 1. The maximum absolute atomic E-state index is 14.7. The zero-order chi connectivity index (χ0) is 29.0. The van der Waals surface area contributed by atoms with E-state index in [4.69, 9.17) is 4.74 Å². The molecule has 0 amide bonds. The second-order valence-electron chi connectivity index (χ2n) is 10.7. The third kappa shape index (κ3) is 8.29. The summed E-state index contributed by atoms with van der Waals surface area (Å²) in [6, 6.07) is 9.86. The second kappa shape index (κ2) is 12.8. The summed E-state index contributed by atoms with van der Waals surface area (Å²) >= 11 is 1.59. The van der Waals surface area contributed by atoms with Crippen LogP contribution in [-0.4, -0.2) is 59.7 Å². The van der Waals surface area contributed by atoms with Crippen molar-refractivity contribution >= 4 is 17.4 Å². The average Bonchev–Trinajstić information content (AvgIpc) is 2.83. The molecule has 216 valence electrons. The van der Waals surface area contributed by atoms with Crippen LogP contribution in [0.4, 0.5) is 23.2 Å². The summed E-state index contributed by atoms with van der Waals surface area (Å²) in [5.41, 5.74) is 1.26. The Bertz CT molecular complexity index is 1140. The molecule has 39 heavy (non-hydrogen) atoms. The maximum Gasteiger partial charge on any atom is 0.427 e. The van der Waals surface area contributed by atoms with Gasteiger partial charge in [-0.1, -0.05) is 45.0 Å². The fraction of sp³-hybridized carbons (Fsp3) is 0.556. The van der Waals surface area contributed by atoms with Gasteiger partial charge < -0.3 is 19.9 Å². The number of rotatable bonds is 10. The van der Waals surface area contributed by atoms with Crippen LogP contribution in [0.25, 0.3) is 0 Å². The number of benzene rings is 2. The Balaban J connectivity index is 1.76. The molecule has 2 aromatic rings. The molecule has 1 heterocycles. The van der Waals surface area contributed by atoms with E-state index in [2.05, 4.69) is 43.0 Å². The molecule has 1 aliphatic heterocycles. The van der Waals surface area contributed by atoms with E-state index in [1.165, 1.54) is 5.56 Å². The van der Waals surface area contributed by atoms with Crippen molar-refractivity contribution in [3.8, 4) is 5.75 Å². The van der Waals surface area contributed by atoms with Gasteiger partial charge in [-0.25, -0.2) is 0 Å². The SMILES string of the molecule is COC[C@@H](Oc1cc(C[C@@H]2CSC[C@H](NCc3cccc(C(C)(C)C)c3)[C@H]2O)cc(F)c1[N+](=O)[O-])C(F)(F)F. The Morgan fingerprint density at radius 2 is 1.90 bits per heavy atom. The van der Waals surface area contributed by atoms with Gasteiger partial charge in [0.05, 0.1) is 17.6 Å². The molecule has 0 saturated carbocycles. The number of ether oxygens (including phenoxy) is 2. The highest BCUT2D eigenvalue weighted by molar-refractivity contribution is 7.99. The lowest BCUT2D eigenvalue weighted by Crippen LogP contribution is -2.49. The van der Waals surface area contributed by atoms with Crippen LogP contribution < -0.4 is 10.1 Å². The zero-order valence-corrected chi connectivity index (χ0v) is 23.1. The van der Waals surface area contributed by atoms with E-state index in [1.807, 2.05) is 12.1 Å². The molecule has 0 aliphatic carbocycles. The van der Waals surface area contributed by atoms with Gasteiger partial charge in [-0.2, -0.15) is 29.3 Å². The van der Waals surface area contributed by atoms with Gasteiger partial charge in [0.2, 0.25) is 17.7 Å². The number of hydrogen-bond donors (Lipinski definition) is 2. The van der Waals surface area contributed by atoms with Crippen LogP contribution in [0.5, 0.6) is 5.75 Å². The lowest BCUT2D eigenvalue weighted by Gasteiger charge is -2.35. The summed E-state index contributed by atoms with van der Waals surface area (Å²) in [4.78, 5) is 10.3. The Morgan fingerprint density at radius 3 is 2.51 bits per heavy atom. The average molecular weight is 575 g/mol. The molecule has 7 nitrogen and oxygen atoms in total. The van der Waals surface area contributed by atoms with Gasteiger partial charge in [-0.3, -0.25) is 10.1 Å². The van der Waals surface area contributed by atoms with E-state index in [9.17, 15) is 32.8 Å². The van der Waals surface area contributed by atoms with Crippen LogP contribution in [0.3, 0.4) is 0 Å². The highest BCUT2D eigenvalue weighted by Crippen LogP contribution is 2.37. The third-order valence-corrected chi connectivity index (χ3v) is 7.87. The molecule has 2 aromatic carbocycles. The number of nitro benzene ring substituents is 1. The quantitative estimate of drug-likeness (QED) is 0.223. The smallest absolute Gasteiger partial charge is 0.427 e. The van der Waals surface area contributed by atoms with Crippen molar-refractivity contribution in [1.29, 1.82) is 0 Å². The van der Waals surface area contributed by atoms with Gasteiger partial charge in [0, 0.05) is 25.4 Å². The number of nitro groups is 1. The van der Waals surface area contributed by atoms with Gasteiger partial charge in [-0.05, 0) is 52.3 Å². The van der Waals surface area contributed by atoms with E-state index in [0.717, 1.165) is 24.8 Å². The molecule has 1 fully saturated rings. The number of halogens is 4. The van der Waals surface area contributed by atoms with Crippen molar-refractivity contribution < 1.29 is 37.1 Å². The summed E-state index contributed by atoms with van der Waals surface area (Å²) < 4.78 is 64.2. The van der Waals surface area contributed by atoms with E-state index in [-0.39, 0.29) is 29.4 Å². The minimum atomic E-state index is -4.89. The standard InChI is InChI=1S/C27H34F4N2O5S/c1-26(2,3)19-7-5-6-16(9-19)12-32-21-15-39-14-18(25(21)34)8-17-10-20(28)24(33(35)36)22(11-17)38-23(13-37-4)27(29,30)31/h5-7,9-11,18,21,23,25,32,34H,8,12-15H2,1-4H3/t18-,21+,23-,25+/m1/s1. The molecule has 4 atom stereocenters. The third-order valence-electron chi connectivity index (χ3n) is 6.61. The lowest BCUT2D eigenvalue weighted by atomic mass is 9.86. The number of aliphatic hydroxyl groups excluding tert-OH is 1. The van der Waals surface area contributed by atoms with E-state index < -0.39 is 47.2 Å². The van der Waals surface area contributed by atoms with Gasteiger partial charge in [0.25, 0.3) is 0 Å². The molecule has 1 saturated heterocycles. The van der Waals surface area contributed by atoms with Crippen LogP contribution in [-0.2, 0) is 23.1 Å². The van der Waals surface area contributed by atoms with Crippen LogP contribution in [0.1, 0.15) is 37.5 Å². The summed E-state index contributed by atoms with van der Waals surface area (Å²) in [6.45, 7) is 6.00. The number of thioether (sulfide) groups is 1. The van der Waals surface area contributed by atoms with Crippen LogP contribution >= 0.6 is 11.8 Å². The summed E-state index contributed by atoms with van der Waals surface area (Å²) in [5.74, 6) is -1.34. The fourth-order valence-corrected chi connectivity index (χ4v) is 5.77. The summed E-state index contributed by atoms with van der Waals surface area (Å²) in [7, 11) is 1.03. The molecule has 3 rings (SSSR count). The molecule has 0 spiro atoms. The first-order valence-electron chi connectivity index (χ1n) is 12.5. The van der Waals surface area contributed by atoms with E-state index in [1.54, 1.807) is 11.8 Å². The number of nitrogens with zero attached hydrogens (tertiary/aromatic N) is 1. The highest BCUT2D eigenvalue weighted by Gasteiger charge is 2.43. The minimum absolute atomic E-state index is 0.00636. The first kappa shape index (κ1) is 31.1. The molecule has 2 N–H and O–H groups in total. The van der Waals surface area contributed by atoms with E-state index >= 15 is 0 Å². The van der Waals surface area contributed by atoms with Crippen molar-refractivity contribution in [3.05, 3.63) is 69.0 Å². The largest absolute Gasteiger partial charge is 0.471 e. The zero-order valence-electron chi connectivity index (χ0n) is 22.3. The molecular formula is C27H34F4N2O5S. The highest BCUT2D eigenvalue weighted by atomic mass is 32.2. The van der Waals surface area contributed by atoms with Crippen LogP contribution in [0.15, 0.2) is 36.4 Å². The monoisotopic (exact) mass is 574 g/mol. The van der Waals surface area contributed by atoms with Crippen LogP contribution in [0, 0.1) is 21.8 Å². The molecule has 0 radical (unpaired) electrons. The van der Waals surface area contributed by atoms with Crippen molar-refractivity contribution in [1.82, 2.24) is 5.32 Å².